The number of hydrogen-bond donors (Lipinski definition) is 3. The Labute approximate surface area is 191 Å². The second kappa shape index (κ2) is 9.24. The average Bonchev–Trinajstić information content (AvgIpc) is 3.21. The van der Waals surface area contributed by atoms with Gasteiger partial charge >= 0.3 is 6.18 Å². The summed E-state index contributed by atoms with van der Waals surface area (Å²) in [6.45, 7) is 4.77. The van der Waals surface area contributed by atoms with Crippen LogP contribution in [0.25, 0.3) is 0 Å². The third-order valence-corrected chi connectivity index (χ3v) is 5.28. The van der Waals surface area contributed by atoms with Gasteiger partial charge in [-0.25, -0.2) is 8.78 Å². The summed E-state index contributed by atoms with van der Waals surface area (Å²) in [5.41, 5.74) is -1.33. The van der Waals surface area contributed by atoms with Crippen molar-refractivity contribution in [3.05, 3.63) is 82.5 Å². The Morgan fingerprint density at radius 1 is 0.971 bits per heavy atom. The number of carbonyl (C=O) groups excluding carboxylic acids is 2. The highest BCUT2D eigenvalue weighted by Gasteiger charge is 2.31. The van der Waals surface area contributed by atoms with Gasteiger partial charge < -0.3 is 10.6 Å². The first kappa shape index (κ1) is 24.9. The molecule has 180 valence electrons. The lowest BCUT2D eigenvalue weighted by molar-refractivity contribution is -0.137. The molecule has 0 aliphatic carbocycles. The van der Waals surface area contributed by atoms with E-state index in [1.807, 2.05) is 0 Å². The van der Waals surface area contributed by atoms with E-state index in [0.29, 0.717) is 17.3 Å². The zero-order valence-electron chi connectivity index (χ0n) is 18.3. The summed E-state index contributed by atoms with van der Waals surface area (Å²) in [6, 6.07) is 7.33. The lowest BCUT2D eigenvalue weighted by Gasteiger charge is -2.23. The predicted octanol–water partition coefficient (Wildman–Crippen LogP) is 4.79. The van der Waals surface area contributed by atoms with Crippen molar-refractivity contribution in [1.82, 2.24) is 15.5 Å². The monoisotopic (exact) mass is 480 g/mol. The lowest BCUT2D eigenvalue weighted by atomic mass is 9.81. The van der Waals surface area contributed by atoms with Gasteiger partial charge in [-0.15, -0.1) is 0 Å². The van der Waals surface area contributed by atoms with Gasteiger partial charge in [0.2, 0.25) is 5.91 Å². The van der Waals surface area contributed by atoms with E-state index in [4.69, 9.17) is 0 Å². The van der Waals surface area contributed by atoms with E-state index >= 15 is 0 Å². The molecule has 6 nitrogen and oxygen atoms in total. The molecule has 0 aliphatic rings. The van der Waals surface area contributed by atoms with E-state index < -0.39 is 46.6 Å². The van der Waals surface area contributed by atoms with Crippen molar-refractivity contribution in [1.29, 1.82) is 0 Å². The smallest absolute Gasteiger partial charge is 0.341 e. The molecule has 3 aromatic rings. The molecule has 0 spiro atoms. The van der Waals surface area contributed by atoms with E-state index in [9.17, 15) is 31.5 Å². The SMILES string of the molecule is CC(NC(=O)c1cccc(C(F)(F)F)c1)C(=O)Nc1cc(C(C)(C)c2cc(F)cc(F)c2)[nH]n1. The van der Waals surface area contributed by atoms with Gasteiger partial charge in [-0.1, -0.05) is 19.9 Å². The fourth-order valence-corrected chi connectivity index (χ4v) is 3.19. The molecule has 0 aliphatic heterocycles. The Morgan fingerprint density at radius 3 is 2.24 bits per heavy atom. The standard InChI is InChI=1S/C23H21F5N4O2/c1-12(29-21(34)13-5-4-6-14(7-13)23(26,27)28)20(33)30-19-11-18(31-32-19)22(2,3)15-8-16(24)10-17(25)9-15/h4-12H,1-3H3,(H,29,34)(H2,30,31,32,33). The van der Waals surface area contributed by atoms with E-state index in [2.05, 4.69) is 20.8 Å². The number of nitrogens with zero attached hydrogens (tertiary/aromatic N) is 1. The number of carbonyl (C=O) groups is 2. The predicted molar refractivity (Wildman–Crippen MR) is 114 cm³/mol. The number of amides is 2. The normalized spacial score (nSPS) is 12.8. The number of alkyl halides is 3. The van der Waals surface area contributed by atoms with Crippen LogP contribution in [0.5, 0.6) is 0 Å². The van der Waals surface area contributed by atoms with Crippen LogP contribution in [0, 0.1) is 11.6 Å². The third kappa shape index (κ3) is 5.59. The highest BCUT2D eigenvalue weighted by molar-refractivity contribution is 6.00. The Bertz CT molecular complexity index is 1200. The maximum Gasteiger partial charge on any atom is 0.416 e. The summed E-state index contributed by atoms with van der Waals surface area (Å²) in [6.07, 6.45) is -4.61. The summed E-state index contributed by atoms with van der Waals surface area (Å²) in [5.74, 6) is -2.91. The van der Waals surface area contributed by atoms with Crippen molar-refractivity contribution in [2.45, 2.75) is 38.4 Å². The summed E-state index contributed by atoms with van der Waals surface area (Å²) in [5, 5.41) is 11.5. The van der Waals surface area contributed by atoms with Crippen molar-refractivity contribution in [2.24, 2.45) is 0 Å². The minimum absolute atomic E-state index is 0.0881. The summed E-state index contributed by atoms with van der Waals surface area (Å²) in [7, 11) is 0. The second-order valence-electron chi connectivity index (χ2n) is 8.21. The number of aromatic nitrogens is 2. The largest absolute Gasteiger partial charge is 0.416 e. The van der Waals surface area contributed by atoms with Crippen molar-refractivity contribution in [3.8, 4) is 0 Å². The van der Waals surface area contributed by atoms with E-state index in [0.717, 1.165) is 18.2 Å². The molecule has 1 aromatic heterocycles. The van der Waals surface area contributed by atoms with E-state index in [-0.39, 0.29) is 11.4 Å². The molecular formula is C23H21F5N4O2. The molecule has 1 heterocycles. The first-order chi connectivity index (χ1) is 15.8. The topological polar surface area (TPSA) is 86.9 Å². The molecule has 2 aromatic carbocycles. The molecule has 0 saturated heterocycles. The first-order valence-corrected chi connectivity index (χ1v) is 10.1. The summed E-state index contributed by atoms with van der Waals surface area (Å²) in [4.78, 5) is 24.8. The van der Waals surface area contributed by atoms with Crippen molar-refractivity contribution in [2.75, 3.05) is 5.32 Å². The van der Waals surface area contributed by atoms with Gasteiger partial charge in [0.25, 0.3) is 5.91 Å². The molecule has 3 N–H and O–H groups in total. The van der Waals surface area contributed by atoms with E-state index in [1.54, 1.807) is 13.8 Å². The fourth-order valence-electron chi connectivity index (χ4n) is 3.19. The summed E-state index contributed by atoms with van der Waals surface area (Å²) >= 11 is 0. The minimum atomic E-state index is -4.61. The van der Waals surface area contributed by atoms with Crippen LogP contribution in [-0.4, -0.2) is 28.1 Å². The molecule has 34 heavy (non-hydrogen) atoms. The highest BCUT2D eigenvalue weighted by Crippen LogP contribution is 2.32. The van der Waals surface area contributed by atoms with Crippen LogP contribution in [0.2, 0.25) is 0 Å². The van der Waals surface area contributed by atoms with Crippen LogP contribution >= 0.6 is 0 Å². The average molecular weight is 480 g/mol. The molecule has 1 atom stereocenters. The molecule has 0 saturated carbocycles. The van der Waals surface area contributed by atoms with E-state index in [1.165, 1.54) is 31.2 Å². The number of aromatic amines is 1. The fraction of sp³-hybridized carbons (Fsp3) is 0.261. The number of hydrogen-bond acceptors (Lipinski definition) is 3. The number of halogens is 5. The van der Waals surface area contributed by atoms with Crippen LogP contribution in [-0.2, 0) is 16.4 Å². The number of H-pyrrole nitrogens is 1. The van der Waals surface area contributed by atoms with Gasteiger partial charge in [0.1, 0.15) is 17.7 Å². The van der Waals surface area contributed by atoms with Gasteiger partial charge in [-0.05, 0) is 42.8 Å². The number of rotatable bonds is 6. The van der Waals surface area contributed by atoms with Crippen LogP contribution in [0.15, 0.2) is 48.5 Å². The van der Waals surface area contributed by atoms with Crippen LogP contribution in [0.1, 0.15) is 48.0 Å². The Kier molecular flexibility index (Phi) is 6.76. The van der Waals surface area contributed by atoms with Crippen molar-refractivity contribution < 1.29 is 31.5 Å². The first-order valence-electron chi connectivity index (χ1n) is 10.1. The Hall–Kier alpha value is -3.76. The number of benzene rings is 2. The molecule has 0 radical (unpaired) electrons. The zero-order chi connectivity index (χ0) is 25.3. The maximum atomic E-state index is 13.6. The van der Waals surface area contributed by atoms with Crippen LogP contribution < -0.4 is 10.6 Å². The molecule has 2 amide bonds. The molecule has 1 unspecified atom stereocenters. The quantitative estimate of drug-likeness (QED) is 0.444. The van der Waals surface area contributed by atoms with Gasteiger partial charge in [-0.2, -0.15) is 18.3 Å². The van der Waals surface area contributed by atoms with Crippen molar-refractivity contribution >= 4 is 17.6 Å². The molecule has 11 heteroatoms. The number of anilines is 1. The minimum Gasteiger partial charge on any atom is -0.341 e. The molecular weight excluding hydrogens is 459 g/mol. The Morgan fingerprint density at radius 2 is 1.62 bits per heavy atom. The maximum absolute atomic E-state index is 13.6. The third-order valence-electron chi connectivity index (χ3n) is 5.28. The highest BCUT2D eigenvalue weighted by atomic mass is 19.4. The van der Waals surface area contributed by atoms with Crippen LogP contribution in [0.4, 0.5) is 27.8 Å². The molecule has 3 rings (SSSR count). The van der Waals surface area contributed by atoms with Gasteiger partial charge in [-0.3, -0.25) is 14.7 Å². The number of nitrogens with one attached hydrogen (secondary N) is 3. The molecule has 0 bridgehead atoms. The molecule has 0 fully saturated rings. The van der Waals surface area contributed by atoms with Gasteiger partial charge in [0, 0.05) is 28.8 Å². The Balaban J connectivity index is 1.68. The second-order valence-corrected chi connectivity index (χ2v) is 8.21. The van der Waals surface area contributed by atoms with Crippen LogP contribution in [0.3, 0.4) is 0 Å². The van der Waals surface area contributed by atoms with Gasteiger partial charge in [0.05, 0.1) is 5.56 Å². The lowest BCUT2D eigenvalue weighted by Crippen LogP contribution is -2.41. The van der Waals surface area contributed by atoms with Gasteiger partial charge in [0.15, 0.2) is 5.82 Å². The zero-order valence-corrected chi connectivity index (χ0v) is 18.3. The summed E-state index contributed by atoms with van der Waals surface area (Å²) < 4.78 is 65.8. The van der Waals surface area contributed by atoms with Crippen molar-refractivity contribution in [3.63, 3.8) is 0 Å².